The predicted octanol–water partition coefficient (Wildman–Crippen LogP) is 3.54. The van der Waals surface area contributed by atoms with Crippen molar-refractivity contribution in [2.75, 3.05) is 20.3 Å². The fraction of sp³-hybridized carbons (Fsp3) is 0.667. The summed E-state index contributed by atoms with van der Waals surface area (Å²) in [4.78, 5) is 0. The van der Waals surface area contributed by atoms with E-state index in [1.165, 1.54) is 25.7 Å². The summed E-state index contributed by atoms with van der Waals surface area (Å²) < 4.78 is 11.6. The van der Waals surface area contributed by atoms with Crippen LogP contribution in [0.1, 0.15) is 43.8 Å². The van der Waals surface area contributed by atoms with E-state index >= 15 is 0 Å². The van der Waals surface area contributed by atoms with Crippen molar-refractivity contribution in [1.29, 1.82) is 0 Å². The summed E-state index contributed by atoms with van der Waals surface area (Å²) in [5.74, 6) is 3.64. The Labute approximate surface area is 127 Å². The van der Waals surface area contributed by atoms with E-state index < -0.39 is 0 Å². The molecule has 4 unspecified atom stereocenters. The lowest BCUT2D eigenvalue weighted by Gasteiger charge is -2.22. The van der Waals surface area contributed by atoms with Gasteiger partial charge < -0.3 is 15.2 Å². The molecular formula is C18H27NO2. The number of hydrogen-bond acceptors (Lipinski definition) is 3. The van der Waals surface area contributed by atoms with Crippen LogP contribution < -0.4 is 10.5 Å². The van der Waals surface area contributed by atoms with E-state index in [0.717, 1.165) is 42.1 Å². The second kappa shape index (κ2) is 6.80. The maximum Gasteiger partial charge on any atom is 0.119 e. The minimum absolute atomic E-state index is 0.0704. The first-order valence-corrected chi connectivity index (χ1v) is 8.25. The monoisotopic (exact) mass is 289 g/mol. The van der Waals surface area contributed by atoms with E-state index in [4.69, 9.17) is 15.2 Å². The molecule has 2 bridgehead atoms. The molecule has 3 nitrogen and oxygen atoms in total. The summed E-state index contributed by atoms with van der Waals surface area (Å²) >= 11 is 0. The highest BCUT2D eigenvalue weighted by atomic mass is 16.5. The molecule has 21 heavy (non-hydrogen) atoms. The molecule has 2 saturated carbocycles. The standard InChI is InChI=1S/C18H27NO2/c1-20-18(7-8-19)15-3-2-4-17(11-15)21-12-16-10-13-5-6-14(16)9-13/h2-4,11,13-14,16,18H,5-10,12,19H2,1H3. The topological polar surface area (TPSA) is 44.5 Å². The molecule has 0 aliphatic heterocycles. The lowest BCUT2D eigenvalue weighted by atomic mass is 9.89. The van der Waals surface area contributed by atoms with Crippen molar-refractivity contribution < 1.29 is 9.47 Å². The zero-order chi connectivity index (χ0) is 14.7. The summed E-state index contributed by atoms with van der Waals surface area (Å²) in [6, 6.07) is 8.30. The number of nitrogens with two attached hydrogens (primary N) is 1. The molecule has 3 heteroatoms. The predicted molar refractivity (Wildman–Crippen MR) is 84.3 cm³/mol. The van der Waals surface area contributed by atoms with Crippen molar-refractivity contribution in [3.05, 3.63) is 29.8 Å². The van der Waals surface area contributed by atoms with Gasteiger partial charge in [0, 0.05) is 7.11 Å². The maximum absolute atomic E-state index is 6.07. The van der Waals surface area contributed by atoms with E-state index in [2.05, 4.69) is 12.1 Å². The largest absolute Gasteiger partial charge is 0.493 e. The summed E-state index contributed by atoms with van der Waals surface area (Å²) in [5, 5.41) is 0. The highest BCUT2D eigenvalue weighted by Gasteiger charge is 2.39. The van der Waals surface area contributed by atoms with Crippen LogP contribution in [0.5, 0.6) is 5.75 Å². The van der Waals surface area contributed by atoms with Crippen molar-refractivity contribution >= 4 is 0 Å². The number of rotatable bonds is 7. The fourth-order valence-corrected chi connectivity index (χ4v) is 4.16. The molecule has 2 aliphatic rings. The van der Waals surface area contributed by atoms with Crippen molar-refractivity contribution in [3.8, 4) is 5.75 Å². The first-order valence-electron chi connectivity index (χ1n) is 8.25. The highest BCUT2D eigenvalue weighted by molar-refractivity contribution is 5.30. The van der Waals surface area contributed by atoms with Crippen molar-refractivity contribution in [2.45, 2.75) is 38.2 Å². The normalized spacial score (nSPS) is 28.8. The van der Waals surface area contributed by atoms with Crippen LogP contribution in [0.15, 0.2) is 24.3 Å². The molecule has 4 atom stereocenters. The summed E-state index contributed by atoms with van der Waals surface area (Å²) in [5.41, 5.74) is 6.81. The highest BCUT2D eigenvalue weighted by Crippen LogP contribution is 2.48. The molecule has 1 aromatic rings. The molecule has 0 amide bonds. The molecule has 3 rings (SSSR count). The lowest BCUT2D eigenvalue weighted by Crippen LogP contribution is -2.18. The van der Waals surface area contributed by atoms with E-state index in [0.29, 0.717) is 6.54 Å². The Morgan fingerprint density at radius 1 is 1.29 bits per heavy atom. The first-order chi connectivity index (χ1) is 10.3. The smallest absolute Gasteiger partial charge is 0.119 e. The average Bonchev–Trinajstić information content (AvgIpc) is 3.13. The lowest BCUT2D eigenvalue weighted by molar-refractivity contribution is 0.0973. The van der Waals surface area contributed by atoms with Gasteiger partial charge in [0.2, 0.25) is 0 Å². The van der Waals surface area contributed by atoms with Crippen LogP contribution >= 0.6 is 0 Å². The third kappa shape index (κ3) is 3.41. The van der Waals surface area contributed by atoms with E-state index in [1.54, 1.807) is 7.11 Å². The average molecular weight is 289 g/mol. The Morgan fingerprint density at radius 3 is 2.86 bits per heavy atom. The van der Waals surface area contributed by atoms with Gasteiger partial charge in [0.1, 0.15) is 5.75 Å². The zero-order valence-electron chi connectivity index (χ0n) is 13.0. The minimum Gasteiger partial charge on any atom is -0.493 e. The number of hydrogen-bond donors (Lipinski definition) is 1. The molecule has 0 aromatic heterocycles. The van der Waals surface area contributed by atoms with Crippen LogP contribution in [0, 0.1) is 17.8 Å². The summed E-state index contributed by atoms with van der Waals surface area (Å²) in [7, 11) is 1.74. The Bertz CT molecular complexity index is 462. The Balaban J connectivity index is 1.58. The number of methoxy groups -OCH3 is 1. The molecule has 2 N–H and O–H groups in total. The van der Waals surface area contributed by atoms with Crippen LogP contribution in [-0.2, 0) is 4.74 Å². The molecule has 1 aromatic carbocycles. The third-order valence-electron chi connectivity index (χ3n) is 5.29. The van der Waals surface area contributed by atoms with Crippen LogP contribution in [-0.4, -0.2) is 20.3 Å². The second-order valence-corrected chi connectivity index (χ2v) is 6.62. The maximum atomic E-state index is 6.07. The first kappa shape index (κ1) is 14.9. The molecule has 0 heterocycles. The third-order valence-corrected chi connectivity index (χ3v) is 5.29. The number of benzene rings is 1. The molecule has 2 fully saturated rings. The van der Waals surface area contributed by atoms with Gasteiger partial charge in [-0.3, -0.25) is 0 Å². The molecule has 0 radical (unpaired) electrons. The quantitative estimate of drug-likeness (QED) is 0.835. The van der Waals surface area contributed by atoms with Crippen molar-refractivity contribution in [3.63, 3.8) is 0 Å². The van der Waals surface area contributed by atoms with Crippen LogP contribution in [0.3, 0.4) is 0 Å². The van der Waals surface area contributed by atoms with Crippen molar-refractivity contribution in [1.82, 2.24) is 0 Å². The zero-order valence-corrected chi connectivity index (χ0v) is 13.0. The molecule has 0 saturated heterocycles. The SMILES string of the molecule is COC(CCN)c1cccc(OCC2CC3CCC2C3)c1. The van der Waals surface area contributed by atoms with Crippen LogP contribution in [0.2, 0.25) is 0 Å². The molecule has 0 spiro atoms. The summed E-state index contributed by atoms with van der Waals surface area (Å²) in [6.07, 6.45) is 6.59. The van der Waals surface area contributed by atoms with Gasteiger partial charge in [0.15, 0.2) is 0 Å². The van der Waals surface area contributed by atoms with E-state index in [1.807, 2.05) is 12.1 Å². The van der Waals surface area contributed by atoms with Crippen LogP contribution in [0.25, 0.3) is 0 Å². The van der Waals surface area contributed by atoms with Gasteiger partial charge >= 0.3 is 0 Å². The number of ether oxygens (including phenoxy) is 2. The van der Waals surface area contributed by atoms with Gasteiger partial charge in [-0.15, -0.1) is 0 Å². The van der Waals surface area contributed by atoms with Crippen LogP contribution in [0.4, 0.5) is 0 Å². The van der Waals surface area contributed by atoms with E-state index in [9.17, 15) is 0 Å². The Morgan fingerprint density at radius 2 is 2.19 bits per heavy atom. The fourth-order valence-electron chi connectivity index (χ4n) is 4.16. The molecular weight excluding hydrogens is 262 g/mol. The van der Waals surface area contributed by atoms with Gasteiger partial charge in [-0.2, -0.15) is 0 Å². The van der Waals surface area contributed by atoms with Gasteiger partial charge in [-0.25, -0.2) is 0 Å². The van der Waals surface area contributed by atoms with E-state index in [-0.39, 0.29) is 6.10 Å². The van der Waals surface area contributed by atoms with Gasteiger partial charge in [0.05, 0.1) is 12.7 Å². The summed E-state index contributed by atoms with van der Waals surface area (Å²) in [6.45, 7) is 1.51. The van der Waals surface area contributed by atoms with Crippen molar-refractivity contribution in [2.24, 2.45) is 23.5 Å². The van der Waals surface area contributed by atoms with Gasteiger partial charge in [-0.05, 0) is 67.7 Å². The van der Waals surface area contributed by atoms with Gasteiger partial charge in [0.25, 0.3) is 0 Å². The Hall–Kier alpha value is -1.06. The minimum atomic E-state index is 0.0704. The molecule has 2 aliphatic carbocycles. The Kier molecular flexibility index (Phi) is 4.81. The molecule has 116 valence electrons. The second-order valence-electron chi connectivity index (χ2n) is 6.62. The van der Waals surface area contributed by atoms with Gasteiger partial charge in [-0.1, -0.05) is 18.6 Å². The number of fused-ring (bicyclic) bond motifs is 2.